The van der Waals surface area contributed by atoms with Crippen LogP contribution in [0.1, 0.15) is 5.56 Å². The fourth-order valence-corrected chi connectivity index (χ4v) is 0.800. The number of hydrogen-bond donors (Lipinski definition) is 1. The summed E-state index contributed by atoms with van der Waals surface area (Å²) in [5.74, 6) is -1.90. The largest absolute Gasteiger partial charge is 0.574 e. The molecule has 0 aliphatic rings. The van der Waals surface area contributed by atoms with Gasteiger partial charge in [0.25, 0.3) is 0 Å². The molecule has 0 radical (unpaired) electrons. The Morgan fingerprint density at radius 1 is 1.36 bits per heavy atom. The lowest BCUT2D eigenvalue weighted by molar-refractivity contribution is -0.276. The highest BCUT2D eigenvalue weighted by molar-refractivity contribution is 5.25. The molecule has 1 aromatic heterocycles. The van der Waals surface area contributed by atoms with Crippen molar-refractivity contribution in [1.29, 1.82) is 0 Å². The van der Waals surface area contributed by atoms with Gasteiger partial charge in [0, 0.05) is 12.1 Å². The molecule has 14 heavy (non-hydrogen) atoms. The minimum atomic E-state index is -4.90. The van der Waals surface area contributed by atoms with Crippen molar-refractivity contribution in [3.05, 3.63) is 23.6 Å². The van der Waals surface area contributed by atoms with Gasteiger partial charge < -0.3 is 10.5 Å². The second-order valence-electron chi connectivity index (χ2n) is 2.35. The number of aromatic nitrogens is 1. The summed E-state index contributed by atoms with van der Waals surface area (Å²) < 4.78 is 51.2. The van der Waals surface area contributed by atoms with Crippen molar-refractivity contribution >= 4 is 0 Å². The van der Waals surface area contributed by atoms with Crippen molar-refractivity contribution in [3.63, 3.8) is 0 Å². The van der Waals surface area contributed by atoms with E-state index in [9.17, 15) is 17.6 Å². The van der Waals surface area contributed by atoms with Crippen LogP contribution in [-0.2, 0) is 6.54 Å². The second-order valence-corrected chi connectivity index (χ2v) is 2.35. The predicted molar refractivity (Wildman–Crippen MR) is 38.8 cm³/mol. The maximum atomic E-state index is 12.5. The standard InChI is InChI=1S/C7H6F4N2O/c8-5-2-1-4(3-12)6(13-5)14-7(9,10)11/h1-2H,3,12H2. The van der Waals surface area contributed by atoms with Gasteiger partial charge in [-0.25, -0.2) is 0 Å². The summed E-state index contributed by atoms with van der Waals surface area (Å²) in [4.78, 5) is 2.94. The van der Waals surface area contributed by atoms with E-state index >= 15 is 0 Å². The van der Waals surface area contributed by atoms with Gasteiger partial charge in [0.15, 0.2) is 0 Å². The molecule has 0 spiro atoms. The predicted octanol–water partition coefficient (Wildman–Crippen LogP) is 1.58. The van der Waals surface area contributed by atoms with E-state index in [-0.39, 0.29) is 12.1 Å². The molecule has 0 atom stereocenters. The summed E-state index contributed by atoms with van der Waals surface area (Å²) in [7, 11) is 0. The summed E-state index contributed by atoms with van der Waals surface area (Å²) in [6.45, 7) is -0.210. The van der Waals surface area contributed by atoms with Crippen LogP contribution in [0.3, 0.4) is 0 Å². The van der Waals surface area contributed by atoms with Gasteiger partial charge in [-0.15, -0.1) is 13.2 Å². The number of nitrogens with zero attached hydrogens (tertiary/aromatic N) is 1. The molecular formula is C7H6F4N2O. The zero-order valence-corrected chi connectivity index (χ0v) is 6.81. The number of halogens is 4. The fourth-order valence-electron chi connectivity index (χ4n) is 0.800. The van der Waals surface area contributed by atoms with Crippen molar-refractivity contribution in [2.24, 2.45) is 5.73 Å². The summed E-state index contributed by atoms with van der Waals surface area (Å²) in [5.41, 5.74) is 5.10. The van der Waals surface area contributed by atoms with Crippen LogP contribution in [0.15, 0.2) is 12.1 Å². The minimum absolute atomic E-state index is 0.0104. The minimum Gasteiger partial charge on any atom is -0.387 e. The molecule has 0 bridgehead atoms. The van der Waals surface area contributed by atoms with Gasteiger partial charge in [-0.3, -0.25) is 0 Å². The van der Waals surface area contributed by atoms with Gasteiger partial charge in [0.2, 0.25) is 11.8 Å². The van der Waals surface area contributed by atoms with Gasteiger partial charge in [0.05, 0.1) is 0 Å². The van der Waals surface area contributed by atoms with E-state index in [1.54, 1.807) is 0 Å². The third-order valence-corrected chi connectivity index (χ3v) is 1.34. The SMILES string of the molecule is NCc1ccc(F)nc1OC(F)(F)F. The molecule has 0 aromatic carbocycles. The van der Waals surface area contributed by atoms with Crippen molar-refractivity contribution < 1.29 is 22.3 Å². The third-order valence-electron chi connectivity index (χ3n) is 1.34. The fraction of sp³-hybridized carbons (Fsp3) is 0.286. The molecule has 0 aliphatic carbocycles. The normalized spacial score (nSPS) is 11.5. The van der Waals surface area contributed by atoms with Crippen LogP contribution in [0.2, 0.25) is 0 Å². The molecule has 78 valence electrons. The third kappa shape index (κ3) is 2.84. The summed E-state index contributed by atoms with van der Waals surface area (Å²) in [6, 6.07) is 1.99. The van der Waals surface area contributed by atoms with E-state index < -0.39 is 18.2 Å². The first-order valence-electron chi connectivity index (χ1n) is 3.53. The number of nitrogens with two attached hydrogens (primary N) is 1. The molecule has 0 amide bonds. The molecule has 0 aliphatic heterocycles. The van der Waals surface area contributed by atoms with Crippen LogP contribution in [0.25, 0.3) is 0 Å². The van der Waals surface area contributed by atoms with E-state index in [1.807, 2.05) is 0 Å². The van der Waals surface area contributed by atoms with E-state index in [2.05, 4.69) is 9.72 Å². The van der Waals surface area contributed by atoms with Crippen molar-refractivity contribution in [2.75, 3.05) is 0 Å². The maximum absolute atomic E-state index is 12.5. The van der Waals surface area contributed by atoms with E-state index in [1.165, 1.54) is 0 Å². The molecule has 0 fully saturated rings. The summed E-state index contributed by atoms with van der Waals surface area (Å²) in [5, 5.41) is 0. The lowest BCUT2D eigenvalue weighted by Crippen LogP contribution is -2.20. The highest BCUT2D eigenvalue weighted by Gasteiger charge is 2.32. The average Bonchev–Trinajstić information content (AvgIpc) is 2.01. The van der Waals surface area contributed by atoms with Crippen LogP contribution in [0.4, 0.5) is 17.6 Å². The van der Waals surface area contributed by atoms with Gasteiger partial charge in [-0.1, -0.05) is 0 Å². The lowest BCUT2D eigenvalue weighted by Gasteiger charge is -2.10. The van der Waals surface area contributed by atoms with Gasteiger partial charge >= 0.3 is 6.36 Å². The quantitative estimate of drug-likeness (QED) is 0.595. The molecule has 0 unspecified atom stereocenters. The van der Waals surface area contributed by atoms with Gasteiger partial charge in [-0.2, -0.15) is 9.37 Å². The molecule has 3 nitrogen and oxygen atoms in total. The summed E-state index contributed by atoms with van der Waals surface area (Å²) >= 11 is 0. The molecule has 1 heterocycles. The number of alkyl halides is 3. The Bertz CT molecular complexity index is 326. The molecule has 1 rings (SSSR count). The Morgan fingerprint density at radius 2 is 2.00 bits per heavy atom. The molecule has 0 saturated carbocycles. The zero-order valence-electron chi connectivity index (χ0n) is 6.81. The Hall–Kier alpha value is -1.37. The van der Waals surface area contributed by atoms with Crippen molar-refractivity contribution in [3.8, 4) is 5.88 Å². The molecular weight excluding hydrogens is 204 g/mol. The van der Waals surface area contributed by atoms with Crippen LogP contribution in [-0.4, -0.2) is 11.3 Å². The maximum Gasteiger partial charge on any atom is 0.574 e. The highest BCUT2D eigenvalue weighted by atomic mass is 19.4. The Balaban J connectivity index is 2.99. The molecule has 7 heteroatoms. The van der Waals surface area contributed by atoms with Gasteiger partial charge in [-0.05, 0) is 12.1 Å². The van der Waals surface area contributed by atoms with E-state index in [0.29, 0.717) is 0 Å². The van der Waals surface area contributed by atoms with E-state index in [4.69, 9.17) is 5.73 Å². The molecule has 1 aromatic rings. The Morgan fingerprint density at radius 3 is 2.50 bits per heavy atom. The first-order valence-corrected chi connectivity index (χ1v) is 3.53. The molecule has 0 saturated heterocycles. The van der Waals surface area contributed by atoms with Gasteiger partial charge in [0.1, 0.15) is 0 Å². The van der Waals surface area contributed by atoms with Crippen LogP contribution >= 0.6 is 0 Å². The van der Waals surface area contributed by atoms with Crippen LogP contribution in [0, 0.1) is 5.95 Å². The first-order chi connectivity index (χ1) is 6.42. The monoisotopic (exact) mass is 210 g/mol. The lowest BCUT2D eigenvalue weighted by atomic mass is 10.3. The zero-order chi connectivity index (χ0) is 10.8. The number of ether oxygens (including phenoxy) is 1. The topological polar surface area (TPSA) is 48.1 Å². The number of hydrogen-bond acceptors (Lipinski definition) is 3. The Kier molecular flexibility index (Phi) is 2.90. The summed E-state index contributed by atoms with van der Waals surface area (Å²) in [6.07, 6.45) is -4.90. The van der Waals surface area contributed by atoms with Crippen molar-refractivity contribution in [2.45, 2.75) is 12.9 Å². The second kappa shape index (κ2) is 3.79. The van der Waals surface area contributed by atoms with Crippen molar-refractivity contribution in [1.82, 2.24) is 4.98 Å². The van der Waals surface area contributed by atoms with Crippen LogP contribution < -0.4 is 10.5 Å². The highest BCUT2D eigenvalue weighted by Crippen LogP contribution is 2.24. The number of pyridine rings is 1. The first kappa shape index (κ1) is 10.7. The average molecular weight is 210 g/mol. The van der Waals surface area contributed by atoms with E-state index in [0.717, 1.165) is 12.1 Å². The number of rotatable bonds is 2. The smallest absolute Gasteiger partial charge is 0.387 e. The molecule has 2 N–H and O–H groups in total. The Labute approximate surface area is 76.5 Å². The van der Waals surface area contributed by atoms with Crippen LogP contribution in [0.5, 0.6) is 5.88 Å².